The van der Waals surface area contributed by atoms with Gasteiger partial charge >= 0.3 is 6.09 Å². The fraction of sp³-hybridized carbons (Fsp3) is 0.588. The van der Waals surface area contributed by atoms with Crippen molar-refractivity contribution in [2.75, 3.05) is 6.54 Å². The summed E-state index contributed by atoms with van der Waals surface area (Å²) in [7, 11) is 0. The van der Waals surface area contributed by atoms with Gasteiger partial charge in [-0.25, -0.2) is 9.18 Å². The largest absolute Gasteiger partial charge is 0.444 e. The smallest absolute Gasteiger partial charge is 0.407 e. The van der Waals surface area contributed by atoms with Crippen LogP contribution in [0, 0.1) is 11.7 Å². The molecule has 2 N–H and O–H groups in total. The van der Waals surface area contributed by atoms with Crippen molar-refractivity contribution >= 4 is 22.0 Å². The third-order valence-corrected chi connectivity index (χ3v) is 4.21. The summed E-state index contributed by atoms with van der Waals surface area (Å²) in [5.74, 6) is 0.228. The van der Waals surface area contributed by atoms with E-state index in [1.165, 1.54) is 6.07 Å². The van der Waals surface area contributed by atoms with E-state index in [1.54, 1.807) is 6.07 Å². The highest BCUT2D eigenvalue weighted by atomic mass is 79.9. The average Bonchev–Trinajstić information content (AvgIpc) is 3.24. The van der Waals surface area contributed by atoms with Crippen molar-refractivity contribution in [1.82, 2.24) is 10.6 Å². The van der Waals surface area contributed by atoms with E-state index in [9.17, 15) is 9.18 Å². The summed E-state index contributed by atoms with van der Waals surface area (Å²) in [4.78, 5) is 11.9. The van der Waals surface area contributed by atoms with Crippen molar-refractivity contribution < 1.29 is 13.9 Å². The molecule has 23 heavy (non-hydrogen) atoms. The average molecular weight is 387 g/mol. The van der Waals surface area contributed by atoms with Gasteiger partial charge in [-0.3, -0.25) is 0 Å². The van der Waals surface area contributed by atoms with Crippen LogP contribution in [0.2, 0.25) is 0 Å². The fourth-order valence-corrected chi connectivity index (χ4v) is 2.56. The van der Waals surface area contributed by atoms with E-state index in [2.05, 4.69) is 26.6 Å². The van der Waals surface area contributed by atoms with E-state index in [0.717, 1.165) is 18.4 Å². The molecule has 0 saturated heterocycles. The van der Waals surface area contributed by atoms with E-state index >= 15 is 0 Å². The van der Waals surface area contributed by atoms with Gasteiger partial charge in [-0.15, -0.1) is 0 Å². The second-order valence-corrected chi connectivity index (χ2v) is 7.82. The molecule has 1 fully saturated rings. The predicted octanol–water partition coefficient (Wildman–Crippen LogP) is 3.98. The second-order valence-electron chi connectivity index (χ2n) is 6.97. The maximum absolute atomic E-state index is 13.5. The Bertz CT molecular complexity index is 556. The Morgan fingerprint density at radius 2 is 2.13 bits per heavy atom. The monoisotopic (exact) mass is 386 g/mol. The fourth-order valence-electron chi connectivity index (χ4n) is 2.31. The first-order chi connectivity index (χ1) is 10.7. The zero-order valence-corrected chi connectivity index (χ0v) is 15.4. The number of rotatable bonds is 6. The van der Waals surface area contributed by atoms with E-state index in [-0.39, 0.29) is 18.0 Å². The Labute approximate surface area is 145 Å². The summed E-state index contributed by atoms with van der Waals surface area (Å²) < 4.78 is 19.3. The Morgan fingerprint density at radius 3 is 2.70 bits per heavy atom. The van der Waals surface area contributed by atoms with Gasteiger partial charge < -0.3 is 15.4 Å². The standard InChI is InChI=1S/C17H24BrFN2O2/c1-17(2,3)23-16(22)21-15(12-5-6-12)10-20-9-11-4-7-13(18)14(19)8-11/h4,7-8,12,15,20H,5-6,9-10H2,1-3H3,(H,21,22). The van der Waals surface area contributed by atoms with Gasteiger partial charge in [-0.2, -0.15) is 0 Å². The molecule has 1 aromatic rings. The minimum absolute atomic E-state index is 0.0464. The highest BCUT2D eigenvalue weighted by Crippen LogP contribution is 2.32. The molecule has 128 valence electrons. The molecule has 1 aliphatic carbocycles. The van der Waals surface area contributed by atoms with Crippen molar-refractivity contribution in [3.05, 3.63) is 34.1 Å². The molecule has 1 amide bonds. The number of ether oxygens (including phenoxy) is 1. The lowest BCUT2D eigenvalue weighted by Crippen LogP contribution is -2.45. The Hall–Kier alpha value is -1.14. The zero-order chi connectivity index (χ0) is 17.0. The Morgan fingerprint density at radius 1 is 1.43 bits per heavy atom. The van der Waals surface area contributed by atoms with Gasteiger partial charge in [-0.05, 0) is 73.2 Å². The number of carbonyl (C=O) groups excluding carboxylic acids is 1. The minimum Gasteiger partial charge on any atom is -0.444 e. The Balaban J connectivity index is 1.81. The molecule has 1 saturated carbocycles. The van der Waals surface area contributed by atoms with Crippen LogP contribution in [0.1, 0.15) is 39.2 Å². The summed E-state index contributed by atoms with van der Waals surface area (Å²) >= 11 is 3.14. The maximum atomic E-state index is 13.5. The van der Waals surface area contributed by atoms with E-state index in [0.29, 0.717) is 23.5 Å². The number of hydrogen-bond acceptors (Lipinski definition) is 3. The van der Waals surface area contributed by atoms with Gasteiger partial charge in [0.05, 0.1) is 4.47 Å². The topological polar surface area (TPSA) is 50.4 Å². The lowest BCUT2D eigenvalue weighted by Gasteiger charge is -2.24. The van der Waals surface area contributed by atoms with E-state index in [4.69, 9.17) is 4.74 Å². The number of amides is 1. The first-order valence-corrected chi connectivity index (χ1v) is 8.68. The molecular formula is C17H24BrFN2O2. The number of halogens is 2. The molecule has 6 heteroatoms. The van der Waals surface area contributed by atoms with Crippen LogP contribution < -0.4 is 10.6 Å². The molecule has 0 heterocycles. The molecule has 1 unspecified atom stereocenters. The summed E-state index contributed by atoms with van der Waals surface area (Å²) in [5.41, 5.74) is 0.373. The molecule has 1 atom stereocenters. The number of benzene rings is 1. The van der Waals surface area contributed by atoms with Crippen molar-refractivity contribution in [3.8, 4) is 0 Å². The molecule has 1 aliphatic rings. The molecule has 0 radical (unpaired) electrons. The van der Waals surface area contributed by atoms with Crippen LogP contribution in [0.3, 0.4) is 0 Å². The van der Waals surface area contributed by atoms with Crippen LogP contribution in [0.15, 0.2) is 22.7 Å². The molecule has 0 bridgehead atoms. The first-order valence-electron chi connectivity index (χ1n) is 7.89. The molecule has 2 rings (SSSR count). The summed E-state index contributed by atoms with van der Waals surface area (Å²) in [6.45, 7) is 6.74. The summed E-state index contributed by atoms with van der Waals surface area (Å²) in [5, 5.41) is 6.22. The molecular weight excluding hydrogens is 363 g/mol. The first kappa shape index (κ1) is 18.2. The number of carbonyl (C=O) groups is 1. The van der Waals surface area contributed by atoms with Crippen LogP contribution in [0.4, 0.5) is 9.18 Å². The quantitative estimate of drug-likeness (QED) is 0.777. The Kier molecular flexibility index (Phi) is 6.03. The zero-order valence-electron chi connectivity index (χ0n) is 13.8. The number of alkyl carbamates (subject to hydrolysis) is 1. The molecule has 0 spiro atoms. The van der Waals surface area contributed by atoms with Crippen LogP contribution in [0.5, 0.6) is 0 Å². The normalized spacial score (nSPS) is 16.0. The highest BCUT2D eigenvalue weighted by Gasteiger charge is 2.33. The maximum Gasteiger partial charge on any atom is 0.407 e. The van der Waals surface area contributed by atoms with Crippen LogP contribution in [-0.2, 0) is 11.3 Å². The van der Waals surface area contributed by atoms with Crippen LogP contribution >= 0.6 is 15.9 Å². The SMILES string of the molecule is CC(C)(C)OC(=O)NC(CNCc1ccc(Br)c(F)c1)C1CC1. The van der Waals surface area contributed by atoms with Crippen LogP contribution in [-0.4, -0.2) is 24.3 Å². The summed E-state index contributed by atoms with van der Waals surface area (Å²) in [6.07, 6.45) is 1.86. The predicted molar refractivity (Wildman–Crippen MR) is 91.7 cm³/mol. The van der Waals surface area contributed by atoms with Crippen molar-refractivity contribution in [1.29, 1.82) is 0 Å². The minimum atomic E-state index is -0.499. The van der Waals surface area contributed by atoms with Crippen LogP contribution in [0.25, 0.3) is 0 Å². The van der Waals surface area contributed by atoms with Gasteiger partial charge in [0.1, 0.15) is 11.4 Å². The van der Waals surface area contributed by atoms with Crippen molar-refractivity contribution in [3.63, 3.8) is 0 Å². The van der Waals surface area contributed by atoms with Gasteiger partial charge in [0.15, 0.2) is 0 Å². The van der Waals surface area contributed by atoms with E-state index in [1.807, 2.05) is 26.8 Å². The number of hydrogen-bond donors (Lipinski definition) is 2. The molecule has 0 aliphatic heterocycles. The van der Waals surface area contributed by atoms with Gasteiger partial charge in [-0.1, -0.05) is 6.07 Å². The number of nitrogens with one attached hydrogen (secondary N) is 2. The molecule has 1 aromatic carbocycles. The van der Waals surface area contributed by atoms with Crippen molar-refractivity contribution in [2.24, 2.45) is 5.92 Å². The lowest BCUT2D eigenvalue weighted by molar-refractivity contribution is 0.0497. The van der Waals surface area contributed by atoms with Gasteiger partial charge in [0.2, 0.25) is 0 Å². The third-order valence-electron chi connectivity index (χ3n) is 3.57. The van der Waals surface area contributed by atoms with Crippen molar-refractivity contribution in [2.45, 2.75) is 51.8 Å². The van der Waals surface area contributed by atoms with Gasteiger partial charge in [0, 0.05) is 19.1 Å². The van der Waals surface area contributed by atoms with Gasteiger partial charge in [0.25, 0.3) is 0 Å². The van der Waals surface area contributed by atoms with E-state index < -0.39 is 5.60 Å². The molecule has 4 nitrogen and oxygen atoms in total. The third kappa shape index (κ3) is 6.47. The second kappa shape index (κ2) is 7.62. The highest BCUT2D eigenvalue weighted by molar-refractivity contribution is 9.10. The molecule has 0 aromatic heterocycles. The summed E-state index contributed by atoms with van der Waals surface area (Å²) in [6, 6.07) is 5.12. The lowest BCUT2D eigenvalue weighted by atomic mass is 10.1.